The third kappa shape index (κ3) is 2.91. The van der Waals surface area contributed by atoms with Gasteiger partial charge in [-0.05, 0) is 20.8 Å². The quantitative estimate of drug-likeness (QED) is 0.840. The van der Waals surface area contributed by atoms with Crippen LogP contribution in [0.25, 0.3) is 0 Å². The first-order valence-electron chi connectivity index (χ1n) is 6.45. The number of hydrogen-bond donors (Lipinski definition) is 1. The van der Waals surface area contributed by atoms with Gasteiger partial charge in [0.15, 0.2) is 0 Å². The summed E-state index contributed by atoms with van der Waals surface area (Å²) in [4.78, 5) is 29.4. The summed E-state index contributed by atoms with van der Waals surface area (Å²) in [5.74, 6) is 0.572. The van der Waals surface area contributed by atoms with Gasteiger partial charge in [0.1, 0.15) is 18.2 Å². The zero-order chi connectivity index (χ0) is 14.0. The number of carbonyl (C=O) groups excluding carboxylic acids is 2. The third-order valence-electron chi connectivity index (χ3n) is 3.14. The molecule has 1 aromatic rings. The van der Waals surface area contributed by atoms with Crippen LogP contribution in [0.2, 0.25) is 0 Å². The molecule has 1 aliphatic rings. The molecule has 104 valence electrons. The molecule has 2 amide bonds. The Morgan fingerprint density at radius 1 is 1.47 bits per heavy atom. The van der Waals surface area contributed by atoms with E-state index in [1.54, 1.807) is 16.5 Å². The molecule has 7 heteroatoms. The number of nitrogens with one attached hydrogen (secondary N) is 1. The number of nitrogens with zero attached hydrogens (tertiary/aromatic N) is 4. The van der Waals surface area contributed by atoms with Crippen molar-refractivity contribution in [2.75, 3.05) is 6.54 Å². The molecule has 19 heavy (non-hydrogen) atoms. The van der Waals surface area contributed by atoms with E-state index >= 15 is 0 Å². The maximum absolute atomic E-state index is 12.2. The van der Waals surface area contributed by atoms with Gasteiger partial charge in [-0.3, -0.25) is 9.59 Å². The maximum Gasteiger partial charge on any atom is 0.245 e. The van der Waals surface area contributed by atoms with Crippen LogP contribution in [0, 0.1) is 0 Å². The molecule has 1 aliphatic heterocycles. The molecule has 0 bridgehead atoms. The lowest BCUT2D eigenvalue weighted by Gasteiger charge is -2.22. The Morgan fingerprint density at radius 2 is 2.21 bits per heavy atom. The second-order valence-corrected chi connectivity index (χ2v) is 5.01. The summed E-state index contributed by atoms with van der Waals surface area (Å²) in [5.41, 5.74) is 0. The van der Waals surface area contributed by atoms with Gasteiger partial charge >= 0.3 is 0 Å². The minimum absolute atomic E-state index is 0.0795. The molecule has 0 spiro atoms. The van der Waals surface area contributed by atoms with E-state index in [-0.39, 0.29) is 17.9 Å². The van der Waals surface area contributed by atoms with Crippen molar-refractivity contribution in [2.24, 2.45) is 0 Å². The first-order chi connectivity index (χ1) is 8.99. The van der Waals surface area contributed by atoms with Gasteiger partial charge in [-0.2, -0.15) is 5.10 Å². The average molecular weight is 265 g/mol. The topological polar surface area (TPSA) is 80.1 Å². The lowest BCUT2D eigenvalue weighted by atomic mass is 10.3. The van der Waals surface area contributed by atoms with Crippen LogP contribution in [0.4, 0.5) is 0 Å². The number of rotatable bonds is 3. The Bertz CT molecular complexity index is 482. The normalized spacial score (nSPS) is 20.6. The summed E-state index contributed by atoms with van der Waals surface area (Å²) in [7, 11) is 0. The first kappa shape index (κ1) is 13.5. The fourth-order valence-electron chi connectivity index (χ4n) is 2.14. The van der Waals surface area contributed by atoms with E-state index in [1.165, 1.54) is 6.33 Å². The van der Waals surface area contributed by atoms with Crippen LogP contribution < -0.4 is 5.32 Å². The van der Waals surface area contributed by atoms with Crippen LogP contribution in [0.15, 0.2) is 6.33 Å². The lowest BCUT2D eigenvalue weighted by Crippen LogP contribution is -2.42. The van der Waals surface area contributed by atoms with Crippen LogP contribution in [0.1, 0.15) is 39.1 Å². The Hall–Kier alpha value is -1.92. The zero-order valence-corrected chi connectivity index (χ0v) is 11.5. The Labute approximate surface area is 112 Å². The lowest BCUT2D eigenvalue weighted by molar-refractivity contribution is -0.133. The first-order valence-corrected chi connectivity index (χ1v) is 6.45. The average Bonchev–Trinajstić information content (AvgIpc) is 2.77. The Balaban J connectivity index is 2.15. The summed E-state index contributed by atoms with van der Waals surface area (Å²) < 4.78 is 1.79. The standard InChI is InChI=1S/C12H19N5O2/c1-8(2)17-10(13-7-14-17)6-16-5-4-11(18)15-9(3)12(16)19/h7-9H,4-6H2,1-3H3,(H,15,18). The van der Waals surface area contributed by atoms with Gasteiger partial charge in [-0.15, -0.1) is 0 Å². The number of amides is 2. The summed E-state index contributed by atoms with van der Waals surface area (Å²) in [6.45, 7) is 6.52. The van der Waals surface area contributed by atoms with Crippen molar-refractivity contribution in [2.45, 2.75) is 45.8 Å². The van der Waals surface area contributed by atoms with E-state index in [2.05, 4.69) is 15.4 Å². The minimum atomic E-state index is -0.481. The molecular weight excluding hydrogens is 246 g/mol. The molecule has 1 saturated heterocycles. The van der Waals surface area contributed by atoms with Crippen LogP contribution in [0.5, 0.6) is 0 Å². The predicted molar refractivity (Wildman–Crippen MR) is 68.0 cm³/mol. The highest BCUT2D eigenvalue weighted by Gasteiger charge is 2.27. The SMILES string of the molecule is CC1NC(=O)CCN(Cc2ncnn2C(C)C)C1=O. The van der Waals surface area contributed by atoms with E-state index in [1.807, 2.05) is 13.8 Å². The molecule has 2 heterocycles. The van der Waals surface area contributed by atoms with E-state index in [9.17, 15) is 9.59 Å². The van der Waals surface area contributed by atoms with Gasteiger partial charge in [0.25, 0.3) is 0 Å². The largest absolute Gasteiger partial charge is 0.345 e. The van der Waals surface area contributed by atoms with Gasteiger partial charge < -0.3 is 10.2 Å². The highest BCUT2D eigenvalue weighted by Crippen LogP contribution is 2.11. The molecule has 1 fully saturated rings. The van der Waals surface area contributed by atoms with E-state index < -0.39 is 6.04 Å². The fraction of sp³-hybridized carbons (Fsp3) is 0.667. The predicted octanol–water partition coefficient (Wildman–Crippen LogP) is 0.0960. The molecule has 1 atom stereocenters. The van der Waals surface area contributed by atoms with E-state index in [0.29, 0.717) is 19.5 Å². The van der Waals surface area contributed by atoms with E-state index in [0.717, 1.165) is 5.82 Å². The fourth-order valence-corrected chi connectivity index (χ4v) is 2.14. The van der Waals surface area contributed by atoms with Gasteiger partial charge in [0.2, 0.25) is 11.8 Å². The Kier molecular flexibility index (Phi) is 3.82. The van der Waals surface area contributed by atoms with Gasteiger partial charge in [-0.1, -0.05) is 0 Å². The van der Waals surface area contributed by atoms with Crippen LogP contribution in [0.3, 0.4) is 0 Å². The number of aromatic nitrogens is 3. The maximum atomic E-state index is 12.2. The van der Waals surface area contributed by atoms with Crippen molar-refractivity contribution >= 4 is 11.8 Å². The molecule has 0 aliphatic carbocycles. The highest BCUT2D eigenvalue weighted by atomic mass is 16.2. The monoisotopic (exact) mass is 265 g/mol. The zero-order valence-electron chi connectivity index (χ0n) is 11.5. The summed E-state index contributed by atoms with van der Waals surface area (Å²) in [6.07, 6.45) is 1.82. The molecule has 1 aromatic heterocycles. The van der Waals surface area contributed by atoms with Crippen molar-refractivity contribution in [3.63, 3.8) is 0 Å². The minimum Gasteiger partial charge on any atom is -0.345 e. The summed E-state index contributed by atoms with van der Waals surface area (Å²) in [6, 6.07) is -0.290. The van der Waals surface area contributed by atoms with Crippen molar-refractivity contribution in [1.29, 1.82) is 0 Å². The molecule has 0 aromatic carbocycles. The molecule has 0 saturated carbocycles. The highest BCUT2D eigenvalue weighted by molar-refractivity contribution is 5.89. The van der Waals surface area contributed by atoms with Crippen LogP contribution in [-0.2, 0) is 16.1 Å². The van der Waals surface area contributed by atoms with Crippen molar-refractivity contribution in [1.82, 2.24) is 25.0 Å². The van der Waals surface area contributed by atoms with Gasteiger partial charge in [-0.25, -0.2) is 9.67 Å². The van der Waals surface area contributed by atoms with Gasteiger partial charge in [0.05, 0.1) is 6.54 Å². The van der Waals surface area contributed by atoms with E-state index in [4.69, 9.17) is 0 Å². The smallest absolute Gasteiger partial charge is 0.245 e. The van der Waals surface area contributed by atoms with Crippen LogP contribution in [-0.4, -0.2) is 44.1 Å². The molecule has 2 rings (SSSR count). The van der Waals surface area contributed by atoms with Gasteiger partial charge in [0, 0.05) is 19.0 Å². The Morgan fingerprint density at radius 3 is 2.89 bits per heavy atom. The number of hydrogen-bond acceptors (Lipinski definition) is 4. The molecule has 7 nitrogen and oxygen atoms in total. The molecule has 0 radical (unpaired) electrons. The summed E-state index contributed by atoms with van der Waals surface area (Å²) in [5, 5.41) is 6.81. The number of carbonyl (C=O) groups is 2. The van der Waals surface area contributed by atoms with Crippen LogP contribution >= 0.6 is 0 Å². The van der Waals surface area contributed by atoms with Crippen molar-refractivity contribution in [3.8, 4) is 0 Å². The van der Waals surface area contributed by atoms with Crippen molar-refractivity contribution < 1.29 is 9.59 Å². The molecular formula is C12H19N5O2. The second kappa shape index (κ2) is 5.38. The third-order valence-corrected chi connectivity index (χ3v) is 3.14. The molecule has 1 N–H and O–H groups in total. The second-order valence-electron chi connectivity index (χ2n) is 5.01. The molecule has 1 unspecified atom stereocenters. The van der Waals surface area contributed by atoms with Crippen molar-refractivity contribution in [3.05, 3.63) is 12.2 Å². The summed E-state index contributed by atoms with van der Waals surface area (Å²) >= 11 is 0.